The summed E-state index contributed by atoms with van der Waals surface area (Å²) in [5, 5.41) is 8.65. The van der Waals surface area contributed by atoms with Gasteiger partial charge in [-0.1, -0.05) is 19.3 Å². The minimum atomic E-state index is 0.712. The van der Waals surface area contributed by atoms with E-state index in [1.54, 1.807) is 0 Å². The first kappa shape index (κ1) is 11.0. The van der Waals surface area contributed by atoms with Gasteiger partial charge in [0.2, 0.25) is 0 Å². The van der Waals surface area contributed by atoms with E-state index < -0.39 is 0 Å². The van der Waals surface area contributed by atoms with Crippen molar-refractivity contribution in [2.75, 3.05) is 13.1 Å². The minimum Gasteiger partial charge on any atom is -0.299 e. The fourth-order valence-corrected chi connectivity index (χ4v) is 2.76. The lowest BCUT2D eigenvalue weighted by Gasteiger charge is -2.29. The van der Waals surface area contributed by atoms with Crippen LogP contribution in [0.3, 0.4) is 0 Å². The van der Waals surface area contributed by atoms with Gasteiger partial charge in [0.15, 0.2) is 0 Å². The van der Waals surface area contributed by atoms with E-state index in [-0.39, 0.29) is 0 Å². The molecule has 0 unspecified atom stereocenters. The van der Waals surface area contributed by atoms with Crippen molar-refractivity contribution in [2.24, 2.45) is 5.92 Å². The van der Waals surface area contributed by atoms with Crippen LogP contribution in [0.4, 0.5) is 0 Å². The standard InChI is InChI=1S/C13H22N2/c14-9-4-10-15(13-7-8-13)11-12-5-2-1-3-6-12/h12-13H,1-8,10-11H2. The molecular weight excluding hydrogens is 184 g/mol. The van der Waals surface area contributed by atoms with Crippen molar-refractivity contribution in [3.8, 4) is 6.07 Å². The van der Waals surface area contributed by atoms with E-state index in [1.165, 1.54) is 51.5 Å². The van der Waals surface area contributed by atoms with E-state index >= 15 is 0 Å². The van der Waals surface area contributed by atoms with Crippen LogP contribution in [0.15, 0.2) is 0 Å². The molecule has 0 radical (unpaired) electrons. The number of nitrogens with zero attached hydrogens (tertiary/aromatic N) is 2. The third kappa shape index (κ3) is 3.50. The van der Waals surface area contributed by atoms with E-state index in [1.807, 2.05) is 0 Å². The van der Waals surface area contributed by atoms with Crippen LogP contribution in [0.2, 0.25) is 0 Å². The Hall–Kier alpha value is -0.550. The van der Waals surface area contributed by atoms with Crippen LogP contribution in [0.5, 0.6) is 0 Å². The predicted octanol–water partition coefficient (Wildman–Crippen LogP) is 2.94. The Morgan fingerprint density at radius 3 is 2.40 bits per heavy atom. The molecule has 0 aromatic rings. The zero-order chi connectivity index (χ0) is 10.5. The summed E-state index contributed by atoms with van der Waals surface area (Å²) in [6.45, 7) is 2.28. The highest BCUT2D eigenvalue weighted by molar-refractivity contribution is 4.87. The highest BCUT2D eigenvalue weighted by atomic mass is 15.2. The molecule has 2 aliphatic rings. The Labute approximate surface area is 93.3 Å². The Balaban J connectivity index is 1.74. The van der Waals surface area contributed by atoms with Crippen molar-refractivity contribution in [3.63, 3.8) is 0 Å². The Morgan fingerprint density at radius 1 is 1.07 bits per heavy atom. The molecule has 0 atom stereocenters. The van der Waals surface area contributed by atoms with Crippen LogP contribution in [0, 0.1) is 17.2 Å². The highest BCUT2D eigenvalue weighted by Crippen LogP contribution is 2.31. The lowest BCUT2D eigenvalue weighted by Crippen LogP contribution is -2.33. The molecule has 0 heterocycles. The summed E-state index contributed by atoms with van der Waals surface area (Å²) in [6, 6.07) is 3.11. The summed E-state index contributed by atoms with van der Waals surface area (Å²) in [6.07, 6.45) is 10.6. The average Bonchev–Trinajstić information content (AvgIpc) is 3.09. The van der Waals surface area contributed by atoms with Gasteiger partial charge in [-0.25, -0.2) is 0 Å². The lowest BCUT2D eigenvalue weighted by atomic mass is 9.89. The van der Waals surface area contributed by atoms with E-state index in [0.717, 1.165) is 18.5 Å². The molecule has 2 saturated carbocycles. The highest BCUT2D eigenvalue weighted by Gasteiger charge is 2.30. The van der Waals surface area contributed by atoms with Crippen molar-refractivity contribution >= 4 is 0 Å². The quantitative estimate of drug-likeness (QED) is 0.691. The number of nitriles is 1. The van der Waals surface area contributed by atoms with E-state index in [2.05, 4.69) is 11.0 Å². The predicted molar refractivity (Wildman–Crippen MR) is 61.4 cm³/mol. The van der Waals surface area contributed by atoms with Crippen molar-refractivity contribution in [3.05, 3.63) is 0 Å². The zero-order valence-corrected chi connectivity index (χ0v) is 9.62. The van der Waals surface area contributed by atoms with Gasteiger partial charge in [0, 0.05) is 25.6 Å². The van der Waals surface area contributed by atoms with Crippen LogP contribution in [-0.4, -0.2) is 24.0 Å². The Morgan fingerprint density at radius 2 is 1.80 bits per heavy atom. The molecule has 2 aliphatic carbocycles. The van der Waals surface area contributed by atoms with E-state index in [0.29, 0.717) is 6.42 Å². The summed E-state index contributed by atoms with van der Waals surface area (Å²) >= 11 is 0. The topological polar surface area (TPSA) is 27.0 Å². The van der Waals surface area contributed by atoms with Gasteiger partial charge in [-0.05, 0) is 31.6 Å². The van der Waals surface area contributed by atoms with Gasteiger partial charge in [0.25, 0.3) is 0 Å². The van der Waals surface area contributed by atoms with Crippen molar-refractivity contribution in [2.45, 2.75) is 57.4 Å². The van der Waals surface area contributed by atoms with E-state index in [9.17, 15) is 0 Å². The molecule has 2 rings (SSSR count). The minimum absolute atomic E-state index is 0.712. The summed E-state index contributed by atoms with van der Waals surface area (Å²) in [7, 11) is 0. The molecule has 0 saturated heterocycles. The third-order valence-corrected chi connectivity index (χ3v) is 3.79. The Kier molecular flexibility index (Phi) is 4.02. The summed E-state index contributed by atoms with van der Waals surface area (Å²) < 4.78 is 0. The molecule has 0 aromatic carbocycles. The van der Waals surface area contributed by atoms with Crippen molar-refractivity contribution in [1.29, 1.82) is 5.26 Å². The molecule has 2 nitrogen and oxygen atoms in total. The van der Waals surface area contributed by atoms with Crippen molar-refractivity contribution < 1.29 is 0 Å². The zero-order valence-electron chi connectivity index (χ0n) is 9.62. The van der Waals surface area contributed by atoms with Crippen LogP contribution in [0.25, 0.3) is 0 Å². The number of hydrogen-bond acceptors (Lipinski definition) is 2. The molecule has 84 valence electrons. The first-order valence-corrected chi connectivity index (χ1v) is 6.51. The van der Waals surface area contributed by atoms with Gasteiger partial charge in [-0.15, -0.1) is 0 Å². The van der Waals surface area contributed by atoms with Crippen LogP contribution < -0.4 is 0 Å². The van der Waals surface area contributed by atoms with Crippen LogP contribution in [-0.2, 0) is 0 Å². The largest absolute Gasteiger partial charge is 0.299 e. The number of hydrogen-bond donors (Lipinski definition) is 0. The maximum absolute atomic E-state index is 8.65. The summed E-state index contributed by atoms with van der Waals surface area (Å²) in [5.74, 6) is 0.929. The fraction of sp³-hybridized carbons (Fsp3) is 0.923. The maximum Gasteiger partial charge on any atom is 0.0635 e. The summed E-state index contributed by atoms with van der Waals surface area (Å²) in [4.78, 5) is 2.58. The van der Waals surface area contributed by atoms with Gasteiger partial charge in [0.1, 0.15) is 0 Å². The SMILES string of the molecule is N#CCCN(CC1CCCCC1)C1CC1. The molecule has 0 spiro atoms. The number of rotatable bonds is 5. The molecule has 2 heteroatoms. The van der Waals surface area contributed by atoms with Crippen LogP contribution >= 0.6 is 0 Å². The monoisotopic (exact) mass is 206 g/mol. The summed E-state index contributed by atoms with van der Waals surface area (Å²) in [5.41, 5.74) is 0. The van der Waals surface area contributed by atoms with Gasteiger partial charge in [-0.2, -0.15) is 5.26 Å². The molecule has 15 heavy (non-hydrogen) atoms. The molecule has 0 bridgehead atoms. The van der Waals surface area contributed by atoms with Gasteiger partial charge >= 0.3 is 0 Å². The maximum atomic E-state index is 8.65. The first-order chi connectivity index (χ1) is 7.40. The second-order valence-corrected chi connectivity index (χ2v) is 5.14. The van der Waals surface area contributed by atoms with Gasteiger partial charge in [0.05, 0.1) is 6.07 Å². The van der Waals surface area contributed by atoms with E-state index in [4.69, 9.17) is 5.26 Å². The molecule has 2 fully saturated rings. The fourth-order valence-electron chi connectivity index (χ4n) is 2.76. The third-order valence-electron chi connectivity index (χ3n) is 3.79. The van der Waals surface area contributed by atoms with Gasteiger partial charge < -0.3 is 0 Å². The normalized spacial score (nSPS) is 22.9. The average molecular weight is 206 g/mol. The van der Waals surface area contributed by atoms with Crippen LogP contribution in [0.1, 0.15) is 51.4 Å². The first-order valence-electron chi connectivity index (χ1n) is 6.51. The van der Waals surface area contributed by atoms with Gasteiger partial charge in [-0.3, -0.25) is 4.90 Å². The smallest absolute Gasteiger partial charge is 0.0635 e. The molecule has 0 amide bonds. The molecular formula is C13H22N2. The molecule has 0 aliphatic heterocycles. The molecule has 0 N–H and O–H groups in total. The molecule has 0 aromatic heterocycles. The Bertz CT molecular complexity index is 221. The second-order valence-electron chi connectivity index (χ2n) is 5.14. The lowest BCUT2D eigenvalue weighted by molar-refractivity contribution is 0.196. The second kappa shape index (κ2) is 5.51. The van der Waals surface area contributed by atoms with Crippen molar-refractivity contribution in [1.82, 2.24) is 4.90 Å².